The fourth-order valence-corrected chi connectivity index (χ4v) is 2.91. The van der Waals surface area contributed by atoms with Crippen LogP contribution in [0.5, 0.6) is 5.75 Å². The molecule has 0 saturated carbocycles. The first-order chi connectivity index (χ1) is 10.1. The number of rotatable bonds is 6. The number of carbonyl (C=O) groups is 1. The van der Waals surface area contributed by atoms with E-state index in [1.165, 1.54) is 4.88 Å². The molecule has 0 unspecified atom stereocenters. The molecule has 2 aromatic rings. The van der Waals surface area contributed by atoms with Gasteiger partial charge in [0.05, 0.1) is 17.5 Å². The Bertz CT molecular complexity index is 589. The second-order valence-corrected chi connectivity index (χ2v) is 5.99. The number of nitrogens with one attached hydrogen (secondary N) is 1. The molecular formula is C17H21NO2S. The zero-order chi connectivity index (χ0) is 15.2. The van der Waals surface area contributed by atoms with Crippen LogP contribution in [-0.4, -0.2) is 12.5 Å². The van der Waals surface area contributed by atoms with Crippen LogP contribution in [0.3, 0.4) is 0 Å². The zero-order valence-electron chi connectivity index (χ0n) is 12.7. The highest BCUT2D eigenvalue weighted by Crippen LogP contribution is 2.20. The van der Waals surface area contributed by atoms with Crippen LogP contribution in [0.4, 0.5) is 0 Å². The van der Waals surface area contributed by atoms with Crippen LogP contribution >= 0.6 is 11.3 Å². The lowest BCUT2D eigenvalue weighted by molar-refractivity contribution is 0.0944. The maximum absolute atomic E-state index is 12.2. The number of thiophene rings is 1. The molecule has 1 N–H and O–H groups in total. The molecule has 3 nitrogen and oxygen atoms in total. The largest absolute Gasteiger partial charge is 0.494 e. The van der Waals surface area contributed by atoms with Gasteiger partial charge in [0.2, 0.25) is 0 Å². The second kappa shape index (κ2) is 7.27. The Morgan fingerprint density at radius 3 is 2.48 bits per heavy atom. The van der Waals surface area contributed by atoms with Crippen molar-refractivity contribution in [1.29, 1.82) is 0 Å². The smallest absolute Gasteiger partial charge is 0.261 e. The molecule has 0 spiro atoms. The lowest BCUT2D eigenvalue weighted by atomic mass is 10.1. The van der Waals surface area contributed by atoms with Crippen LogP contribution in [0.25, 0.3) is 0 Å². The van der Waals surface area contributed by atoms with Crippen LogP contribution in [-0.2, 0) is 6.42 Å². The molecule has 1 aromatic carbocycles. The van der Waals surface area contributed by atoms with E-state index in [1.807, 2.05) is 50.2 Å². The van der Waals surface area contributed by atoms with Crippen LogP contribution in [0.1, 0.15) is 46.9 Å². The minimum absolute atomic E-state index is 0.0129. The van der Waals surface area contributed by atoms with Crippen molar-refractivity contribution in [2.24, 2.45) is 0 Å². The summed E-state index contributed by atoms with van der Waals surface area (Å²) in [6.07, 6.45) is 0.965. The normalized spacial score (nSPS) is 12.0. The van der Waals surface area contributed by atoms with Crippen molar-refractivity contribution in [3.63, 3.8) is 0 Å². The molecule has 0 saturated heterocycles. The molecule has 0 aliphatic rings. The Balaban J connectivity index is 1.99. The van der Waals surface area contributed by atoms with Gasteiger partial charge in [0.25, 0.3) is 5.91 Å². The van der Waals surface area contributed by atoms with E-state index < -0.39 is 0 Å². The third-order valence-electron chi connectivity index (χ3n) is 3.27. The van der Waals surface area contributed by atoms with Crippen molar-refractivity contribution < 1.29 is 9.53 Å². The molecule has 21 heavy (non-hydrogen) atoms. The van der Waals surface area contributed by atoms with Gasteiger partial charge in [-0.05, 0) is 50.1 Å². The maximum atomic E-state index is 12.2. The molecule has 2 rings (SSSR count). The van der Waals surface area contributed by atoms with Gasteiger partial charge in [0, 0.05) is 4.88 Å². The minimum atomic E-state index is -0.0275. The monoisotopic (exact) mass is 303 g/mol. The third kappa shape index (κ3) is 4.08. The van der Waals surface area contributed by atoms with E-state index in [2.05, 4.69) is 12.2 Å². The van der Waals surface area contributed by atoms with E-state index in [4.69, 9.17) is 4.74 Å². The highest BCUT2D eigenvalue weighted by molar-refractivity contribution is 7.14. The van der Waals surface area contributed by atoms with Crippen molar-refractivity contribution in [1.82, 2.24) is 5.32 Å². The number of ether oxygens (including phenoxy) is 1. The van der Waals surface area contributed by atoms with Crippen molar-refractivity contribution in [2.45, 2.75) is 33.2 Å². The second-order valence-electron chi connectivity index (χ2n) is 4.82. The lowest BCUT2D eigenvalue weighted by Gasteiger charge is -2.14. The first-order valence-corrected chi connectivity index (χ1v) is 8.08. The van der Waals surface area contributed by atoms with Gasteiger partial charge in [-0.3, -0.25) is 4.79 Å². The van der Waals surface area contributed by atoms with Gasteiger partial charge in [-0.2, -0.15) is 0 Å². The molecule has 1 atom stereocenters. The summed E-state index contributed by atoms with van der Waals surface area (Å²) in [6.45, 7) is 6.70. The number of hydrogen-bond donors (Lipinski definition) is 1. The van der Waals surface area contributed by atoms with Crippen LogP contribution in [0.15, 0.2) is 36.4 Å². The summed E-state index contributed by atoms with van der Waals surface area (Å²) in [4.78, 5) is 14.2. The Morgan fingerprint density at radius 1 is 1.19 bits per heavy atom. The van der Waals surface area contributed by atoms with Gasteiger partial charge in [-0.1, -0.05) is 19.1 Å². The molecule has 1 amide bonds. The van der Waals surface area contributed by atoms with E-state index >= 15 is 0 Å². The van der Waals surface area contributed by atoms with Crippen LogP contribution < -0.4 is 10.1 Å². The van der Waals surface area contributed by atoms with Crippen molar-refractivity contribution >= 4 is 17.2 Å². The number of benzene rings is 1. The quantitative estimate of drug-likeness (QED) is 0.868. The summed E-state index contributed by atoms with van der Waals surface area (Å²) >= 11 is 1.56. The average molecular weight is 303 g/mol. The van der Waals surface area contributed by atoms with Gasteiger partial charge in [0.1, 0.15) is 5.75 Å². The topological polar surface area (TPSA) is 38.3 Å². The fraction of sp³-hybridized carbons (Fsp3) is 0.353. The predicted octanol–water partition coefficient (Wildman–Crippen LogP) is 4.20. The Morgan fingerprint density at radius 2 is 1.90 bits per heavy atom. The number of hydrogen-bond acceptors (Lipinski definition) is 3. The van der Waals surface area contributed by atoms with E-state index in [-0.39, 0.29) is 11.9 Å². The minimum Gasteiger partial charge on any atom is -0.494 e. The van der Waals surface area contributed by atoms with Crippen molar-refractivity contribution in [2.75, 3.05) is 6.61 Å². The maximum Gasteiger partial charge on any atom is 0.261 e. The molecule has 0 fully saturated rings. The van der Waals surface area contributed by atoms with Crippen LogP contribution in [0, 0.1) is 0 Å². The molecule has 0 aliphatic carbocycles. The van der Waals surface area contributed by atoms with Gasteiger partial charge >= 0.3 is 0 Å². The summed E-state index contributed by atoms with van der Waals surface area (Å²) in [5.41, 5.74) is 1.07. The van der Waals surface area contributed by atoms with E-state index in [1.54, 1.807) is 11.3 Å². The Kier molecular flexibility index (Phi) is 5.39. The number of amides is 1. The van der Waals surface area contributed by atoms with Crippen molar-refractivity contribution in [3.05, 3.63) is 51.7 Å². The predicted molar refractivity (Wildman–Crippen MR) is 87.2 cm³/mol. The van der Waals surface area contributed by atoms with Gasteiger partial charge in [0.15, 0.2) is 0 Å². The van der Waals surface area contributed by atoms with E-state index in [9.17, 15) is 4.79 Å². The summed E-state index contributed by atoms with van der Waals surface area (Å²) in [5, 5.41) is 3.03. The molecule has 112 valence electrons. The highest BCUT2D eigenvalue weighted by Gasteiger charge is 2.13. The molecule has 0 radical (unpaired) electrons. The molecule has 0 aliphatic heterocycles. The molecular weight excluding hydrogens is 282 g/mol. The average Bonchev–Trinajstić information content (AvgIpc) is 2.97. The zero-order valence-corrected chi connectivity index (χ0v) is 13.5. The molecule has 4 heteroatoms. The van der Waals surface area contributed by atoms with Gasteiger partial charge in [-0.15, -0.1) is 11.3 Å². The third-order valence-corrected chi connectivity index (χ3v) is 4.50. The summed E-state index contributed by atoms with van der Waals surface area (Å²) in [5.74, 6) is 0.840. The van der Waals surface area contributed by atoms with Gasteiger partial charge in [-0.25, -0.2) is 0 Å². The first kappa shape index (κ1) is 15.6. The lowest BCUT2D eigenvalue weighted by Crippen LogP contribution is -2.25. The Hall–Kier alpha value is -1.81. The fourth-order valence-electron chi connectivity index (χ4n) is 2.06. The van der Waals surface area contributed by atoms with E-state index in [0.717, 1.165) is 22.6 Å². The molecule has 0 bridgehead atoms. The Labute approximate surface area is 130 Å². The standard InChI is InChI=1S/C17H21NO2S/c1-4-15-10-11-16(21-15)17(19)18-12(3)13-6-8-14(9-7-13)20-5-2/h6-12H,4-5H2,1-3H3,(H,18,19)/t12-/m0/s1. The highest BCUT2D eigenvalue weighted by atomic mass is 32.1. The summed E-state index contributed by atoms with van der Waals surface area (Å²) in [7, 11) is 0. The molecule has 1 heterocycles. The van der Waals surface area contributed by atoms with Crippen molar-refractivity contribution in [3.8, 4) is 5.75 Å². The number of aryl methyl sites for hydroxylation is 1. The number of carbonyl (C=O) groups excluding carboxylic acids is 1. The van der Waals surface area contributed by atoms with Crippen LogP contribution in [0.2, 0.25) is 0 Å². The molecule has 1 aromatic heterocycles. The first-order valence-electron chi connectivity index (χ1n) is 7.26. The van der Waals surface area contributed by atoms with Gasteiger partial charge < -0.3 is 10.1 Å². The summed E-state index contributed by atoms with van der Waals surface area (Å²) in [6, 6.07) is 11.7. The van der Waals surface area contributed by atoms with E-state index in [0.29, 0.717) is 6.61 Å². The SMILES string of the molecule is CCOc1ccc([C@H](C)NC(=O)c2ccc(CC)s2)cc1. The summed E-state index contributed by atoms with van der Waals surface area (Å²) < 4.78 is 5.42.